The van der Waals surface area contributed by atoms with E-state index in [1.807, 2.05) is 68.9 Å². The fourth-order valence-corrected chi connectivity index (χ4v) is 4.15. The van der Waals surface area contributed by atoms with Crippen molar-refractivity contribution in [1.82, 2.24) is 19.4 Å². The number of aromatic nitrogens is 2. The first-order valence-electron chi connectivity index (χ1n) is 11.0. The first kappa shape index (κ1) is 24.0. The Labute approximate surface area is 194 Å². The molecular formula is C25H31ClN4O2. The lowest BCUT2D eigenvalue weighted by Crippen LogP contribution is -2.42. The van der Waals surface area contributed by atoms with Crippen molar-refractivity contribution in [2.45, 2.75) is 39.8 Å². The fraction of sp³-hybridized carbons (Fsp3) is 0.400. The second-order valence-corrected chi connectivity index (χ2v) is 8.66. The number of carbonyl (C=O) groups excluding carboxylic acids is 1. The van der Waals surface area contributed by atoms with Gasteiger partial charge in [0, 0.05) is 30.2 Å². The molecule has 7 heteroatoms. The van der Waals surface area contributed by atoms with Gasteiger partial charge < -0.3 is 9.80 Å². The van der Waals surface area contributed by atoms with Gasteiger partial charge in [-0.05, 0) is 64.2 Å². The first-order chi connectivity index (χ1) is 15.3. The van der Waals surface area contributed by atoms with Crippen molar-refractivity contribution in [3.8, 4) is 0 Å². The summed E-state index contributed by atoms with van der Waals surface area (Å²) in [7, 11) is 3.96. The number of halogens is 1. The van der Waals surface area contributed by atoms with Gasteiger partial charge in [-0.1, -0.05) is 36.7 Å². The van der Waals surface area contributed by atoms with Gasteiger partial charge in [-0.2, -0.15) is 0 Å². The quantitative estimate of drug-likeness (QED) is 0.501. The Hall–Kier alpha value is -2.70. The lowest BCUT2D eigenvalue weighted by molar-refractivity contribution is 0.0641. The highest BCUT2D eigenvalue weighted by atomic mass is 35.5. The van der Waals surface area contributed by atoms with Gasteiger partial charge in [0.1, 0.15) is 5.82 Å². The number of rotatable bonds is 8. The molecule has 0 N–H and O–H groups in total. The maximum absolute atomic E-state index is 13.7. The van der Waals surface area contributed by atoms with E-state index < -0.39 is 0 Å². The van der Waals surface area contributed by atoms with Crippen LogP contribution in [0.4, 0.5) is 0 Å². The van der Waals surface area contributed by atoms with E-state index in [1.165, 1.54) is 0 Å². The van der Waals surface area contributed by atoms with Crippen LogP contribution in [0.3, 0.4) is 0 Å². The van der Waals surface area contributed by atoms with E-state index in [0.717, 1.165) is 5.56 Å². The third-order valence-corrected chi connectivity index (χ3v) is 5.98. The molecule has 1 amide bonds. The Kier molecular flexibility index (Phi) is 7.69. The Morgan fingerprint density at radius 1 is 1.12 bits per heavy atom. The van der Waals surface area contributed by atoms with Crippen molar-refractivity contribution in [1.29, 1.82) is 0 Å². The van der Waals surface area contributed by atoms with Gasteiger partial charge in [0.05, 0.1) is 16.9 Å². The van der Waals surface area contributed by atoms with E-state index >= 15 is 0 Å². The monoisotopic (exact) mass is 454 g/mol. The topological polar surface area (TPSA) is 58.4 Å². The molecule has 3 rings (SSSR count). The summed E-state index contributed by atoms with van der Waals surface area (Å²) in [4.78, 5) is 35.7. The Morgan fingerprint density at radius 3 is 2.47 bits per heavy atom. The summed E-state index contributed by atoms with van der Waals surface area (Å²) in [6, 6.07) is 12.4. The highest BCUT2D eigenvalue weighted by Crippen LogP contribution is 2.27. The number of likely N-dealkylation sites (N-methyl/N-ethyl adjacent to an activating group) is 1. The van der Waals surface area contributed by atoms with Crippen LogP contribution in [0.1, 0.15) is 48.1 Å². The van der Waals surface area contributed by atoms with Gasteiger partial charge in [0.15, 0.2) is 0 Å². The van der Waals surface area contributed by atoms with Gasteiger partial charge in [0.2, 0.25) is 0 Å². The van der Waals surface area contributed by atoms with Crippen LogP contribution >= 0.6 is 11.6 Å². The molecule has 0 aliphatic heterocycles. The number of hydrogen-bond acceptors (Lipinski definition) is 4. The standard InChI is InChI=1S/C25H31ClN4O2/c1-6-22(23-27-21-16-18(26)12-13-20(21)25(32)29(23)7-2)30(15-14-28(4)5)24(31)19-11-9-8-10-17(19)3/h8-13,16,22H,6-7,14-15H2,1-5H3. The molecule has 0 spiro atoms. The van der Waals surface area contributed by atoms with Crippen LogP contribution in [0.5, 0.6) is 0 Å². The van der Waals surface area contributed by atoms with Crippen LogP contribution in [0.25, 0.3) is 10.9 Å². The Balaban J connectivity index is 2.18. The van der Waals surface area contributed by atoms with Crippen LogP contribution < -0.4 is 5.56 Å². The number of fused-ring (bicyclic) bond motifs is 1. The second-order valence-electron chi connectivity index (χ2n) is 8.22. The predicted molar refractivity (Wildman–Crippen MR) is 130 cm³/mol. The van der Waals surface area contributed by atoms with Crippen molar-refractivity contribution < 1.29 is 4.79 Å². The molecule has 0 bridgehead atoms. The molecule has 0 aliphatic rings. The van der Waals surface area contributed by atoms with Crippen LogP contribution in [0.15, 0.2) is 47.3 Å². The van der Waals surface area contributed by atoms with Crippen molar-refractivity contribution in [2.75, 3.05) is 27.2 Å². The SMILES string of the molecule is CCC(c1nc2cc(Cl)ccc2c(=O)n1CC)N(CCN(C)C)C(=O)c1ccccc1C. The molecule has 1 heterocycles. The van der Waals surface area contributed by atoms with E-state index in [1.54, 1.807) is 22.8 Å². The minimum atomic E-state index is -0.349. The van der Waals surface area contributed by atoms with Crippen LogP contribution in [0.2, 0.25) is 5.02 Å². The summed E-state index contributed by atoms with van der Waals surface area (Å²) in [5.74, 6) is 0.537. The summed E-state index contributed by atoms with van der Waals surface area (Å²) in [5.41, 5.74) is 2.03. The summed E-state index contributed by atoms with van der Waals surface area (Å²) < 4.78 is 1.68. The zero-order valence-electron chi connectivity index (χ0n) is 19.4. The van der Waals surface area contributed by atoms with Gasteiger partial charge in [0.25, 0.3) is 11.5 Å². The number of carbonyl (C=O) groups is 1. The summed E-state index contributed by atoms with van der Waals surface area (Å²) in [6.45, 7) is 7.57. The number of nitrogens with zero attached hydrogens (tertiary/aromatic N) is 4. The van der Waals surface area contributed by atoms with Crippen molar-refractivity contribution in [3.63, 3.8) is 0 Å². The molecule has 1 aromatic heterocycles. The van der Waals surface area contributed by atoms with E-state index in [9.17, 15) is 9.59 Å². The summed E-state index contributed by atoms with van der Waals surface area (Å²) in [5, 5.41) is 1.05. The first-order valence-corrected chi connectivity index (χ1v) is 11.4. The van der Waals surface area contributed by atoms with Crippen molar-refractivity contribution >= 4 is 28.4 Å². The summed E-state index contributed by atoms with van der Waals surface area (Å²) >= 11 is 6.19. The molecule has 3 aromatic rings. The lowest BCUT2D eigenvalue weighted by Gasteiger charge is -2.33. The minimum Gasteiger partial charge on any atom is -0.327 e. The molecule has 1 unspecified atom stereocenters. The van der Waals surface area contributed by atoms with Gasteiger partial charge >= 0.3 is 0 Å². The number of amides is 1. The highest BCUT2D eigenvalue weighted by molar-refractivity contribution is 6.31. The number of aryl methyl sites for hydroxylation is 1. The highest BCUT2D eigenvalue weighted by Gasteiger charge is 2.29. The Bertz CT molecular complexity index is 1170. The van der Waals surface area contributed by atoms with E-state index in [0.29, 0.717) is 53.4 Å². The molecule has 6 nitrogen and oxygen atoms in total. The van der Waals surface area contributed by atoms with E-state index in [4.69, 9.17) is 16.6 Å². The van der Waals surface area contributed by atoms with Crippen molar-refractivity contribution in [3.05, 3.63) is 74.8 Å². The van der Waals surface area contributed by atoms with Gasteiger partial charge in [-0.3, -0.25) is 14.2 Å². The zero-order chi connectivity index (χ0) is 23.4. The third kappa shape index (κ3) is 4.87. The number of benzene rings is 2. The third-order valence-electron chi connectivity index (χ3n) is 5.75. The number of hydrogen-bond donors (Lipinski definition) is 0. The molecule has 0 fully saturated rings. The molecular weight excluding hydrogens is 424 g/mol. The molecule has 0 saturated carbocycles. The fourth-order valence-electron chi connectivity index (χ4n) is 3.99. The summed E-state index contributed by atoms with van der Waals surface area (Å²) in [6.07, 6.45) is 0.629. The average Bonchev–Trinajstić information content (AvgIpc) is 2.76. The van der Waals surface area contributed by atoms with Crippen LogP contribution in [0, 0.1) is 6.92 Å². The van der Waals surface area contributed by atoms with Gasteiger partial charge in [-0.25, -0.2) is 4.98 Å². The van der Waals surface area contributed by atoms with Gasteiger partial charge in [-0.15, -0.1) is 0 Å². The zero-order valence-corrected chi connectivity index (χ0v) is 20.2. The smallest absolute Gasteiger partial charge is 0.261 e. The Morgan fingerprint density at radius 2 is 1.84 bits per heavy atom. The maximum Gasteiger partial charge on any atom is 0.261 e. The molecule has 1 atom stereocenters. The molecule has 0 aliphatic carbocycles. The molecule has 0 radical (unpaired) electrons. The van der Waals surface area contributed by atoms with Crippen LogP contribution in [-0.4, -0.2) is 52.4 Å². The molecule has 2 aromatic carbocycles. The average molecular weight is 455 g/mol. The minimum absolute atomic E-state index is 0.0557. The van der Waals surface area contributed by atoms with E-state index in [2.05, 4.69) is 0 Å². The van der Waals surface area contributed by atoms with E-state index in [-0.39, 0.29) is 17.5 Å². The maximum atomic E-state index is 13.7. The second kappa shape index (κ2) is 10.3. The van der Waals surface area contributed by atoms with Crippen molar-refractivity contribution in [2.24, 2.45) is 0 Å². The lowest BCUT2D eigenvalue weighted by atomic mass is 10.0. The molecule has 170 valence electrons. The van der Waals surface area contributed by atoms with Crippen LogP contribution in [-0.2, 0) is 6.54 Å². The molecule has 0 saturated heterocycles. The molecule has 32 heavy (non-hydrogen) atoms. The largest absolute Gasteiger partial charge is 0.327 e. The predicted octanol–water partition coefficient (Wildman–Crippen LogP) is 4.53. The normalized spacial score (nSPS) is 12.3.